The van der Waals surface area contributed by atoms with Gasteiger partial charge in [-0.1, -0.05) is 6.07 Å². The fraction of sp³-hybridized carbons (Fsp3) is 0.250. The smallest absolute Gasteiger partial charge is 0.292 e. The lowest BCUT2D eigenvalue weighted by Gasteiger charge is -2.37. The van der Waals surface area contributed by atoms with Crippen LogP contribution in [0.2, 0.25) is 0 Å². The average Bonchev–Trinajstić information content (AvgIpc) is 3.26. The molecular weight excluding hydrogens is 346 g/mol. The molecule has 1 atom stereocenters. The second kappa shape index (κ2) is 7.11. The molecule has 0 N–H and O–H groups in total. The maximum atomic E-state index is 13.0. The van der Waals surface area contributed by atoms with Gasteiger partial charge in [0.1, 0.15) is 0 Å². The first-order valence-electron chi connectivity index (χ1n) is 8.57. The van der Waals surface area contributed by atoms with Crippen molar-refractivity contribution in [1.82, 2.24) is 14.9 Å². The third-order valence-corrected chi connectivity index (χ3v) is 4.78. The molecule has 3 heterocycles. The minimum Gasteiger partial charge on any atom is -0.493 e. The Morgan fingerprint density at radius 3 is 2.67 bits per heavy atom. The van der Waals surface area contributed by atoms with E-state index in [-0.39, 0.29) is 17.7 Å². The first-order chi connectivity index (χ1) is 13.2. The van der Waals surface area contributed by atoms with Crippen LogP contribution in [0.25, 0.3) is 0 Å². The standard InChI is InChI=1S/C20H19N3O4/c1-25-16-8-13-5-7-23(20(24)18-11-22-12-27-18)19(14-4-3-6-21-10-14)15(13)9-17(16)26-2/h3-4,6,8-12,19H,5,7H2,1-2H3. The third-order valence-electron chi connectivity index (χ3n) is 4.78. The number of oxazole rings is 1. The lowest BCUT2D eigenvalue weighted by atomic mass is 9.88. The number of hydrogen-bond donors (Lipinski definition) is 0. The molecule has 138 valence electrons. The lowest BCUT2D eigenvalue weighted by molar-refractivity contribution is 0.0661. The first kappa shape index (κ1) is 17.1. The highest BCUT2D eigenvalue weighted by atomic mass is 16.5. The molecule has 0 fully saturated rings. The van der Waals surface area contributed by atoms with Gasteiger partial charge in [0.25, 0.3) is 5.91 Å². The van der Waals surface area contributed by atoms with E-state index in [4.69, 9.17) is 13.9 Å². The number of methoxy groups -OCH3 is 2. The zero-order valence-corrected chi connectivity index (χ0v) is 15.1. The summed E-state index contributed by atoms with van der Waals surface area (Å²) >= 11 is 0. The van der Waals surface area contributed by atoms with Gasteiger partial charge >= 0.3 is 0 Å². The summed E-state index contributed by atoms with van der Waals surface area (Å²) in [4.78, 5) is 22.9. The predicted molar refractivity (Wildman–Crippen MR) is 96.9 cm³/mol. The summed E-state index contributed by atoms with van der Waals surface area (Å²) < 4.78 is 16.2. The van der Waals surface area contributed by atoms with Gasteiger partial charge in [-0.3, -0.25) is 9.78 Å². The molecule has 0 aliphatic carbocycles. The number of fused-ring (bicyclic) bond motifs is 1. The molecule has 7 nitrogen and oxygen atoms in total. The summed E-state index contributed by atoms with van der Waals surface area (Å²) in [6.07, 6.45) is 6.89. The van der Waals surface area contributed by atoms with Crippen molar-refractivity contribution in [2.45, 2.75) is 12.5 Å². The number of aromatic nitrogens is 2. The van der Waals surface area contributed by atoms with Crippen molar-refractivity contribution >= 4 is 5.91 Å². The Hall–Kier alpha value is -3.35. The van der Waals surface area contributed by atoms with Crippen LogP contribution in [0.4, 0.5) is 0 Å². The van der Waals surface area contributed by atoms with E-state index in [9.17, 15) is 4.79 Å². The van der Waals surface area contributed by atoms with Gasteiger partial charge in [0.2, 0.25) is 5.76 Å². The van der Waals surface area contributed by atoms with Gasteiger partial charge in [-0.15, -0.1) is 0 Å². The molecule has 1 aliphatic heterocycles. The van der Waals surface area contributed by atoms with E-state index < -0.39 is 0 Å². The molecule has 0 saturated heterocycles. The Bertz CT molecular complexity index is 941. The van der Waals surface area contributed by atoms with Gasteiger partial charge in [0, 0.05) is 18.9 Å². The zero-order valence-electron chi connectivity index (χ0n) is 15.1. The normalized spacial score (nSPS) is 15.9. The van der Waals surface area contributed by atoms with Crippen molar-refractivity contribution in [3.05, 3.63) is 71.7 Å². The fourth-order valence-electron chi connectivity index (χ4n) is 3.52. The van der Waals surface area contributed by atoms with Crippen LogP contribution in [0.5, 0.6) is 11.5 Å². The molecule has 0 radical (unpaired) electrons. The van der Waals surface area contributed by atoms with Gasteiger partial charge in [0.15, 0.2) is 17.9 Å². The molecule has 0 saturated carbocycles. The van der Waals surface area contributed by atoms with Crippen LogP contribution in [-0.4, -0.2) is 41.5 Å². The highest BCUT2D eigenvalue weighted by molar-refractivity contribution is 5.92. The number of benzene rings is 1. The Balaban J connectivity index is 1.85. The summed E-state index contributed by atoms with van der Waals surface area (Å²) in [7, 11) is 3.22. The molecule has 27 heavy (non-hydrogen) atoms. The third kappa shape index (κ3) is 3.01. The van der Waals surface area contributed by atoms with E-state index in [0.29, 0.717) is 24.5 Å². The van der Waals surface area contributed by atoms with Crippen LogP contribution in [0, 0.1) is 0 Å². The summed E-state index contributed by atoms with van der Waals surface area (Å²) in [6, 6.07) is 7.44. The molecule has 1 unspecified atom stereocenters. The molecule has 2 aromatic heterocycles. The predicted octanol–water partition coefficient (Wildman–Crippen LogP) is 2.87. The monoisotopic (exact) mass is 365 g/mol. The van der Waals surface area contributed by atoms with Gasteiger partial charge in [-0.25, -0.2) is 4.98 Å². The summed E-state index contributed by atoms with van der Waals surface area (Å²) in [5.41, 5.74) is 3.02. The minimum atomic E-state index is -0.306. The number of carbonyl (C=O) groups excluding carboxylic acids is 1. The van der Waals surface area contributed by atoms with Crippen molar-refractivity contribution in [2.75, 3.05) is 20.8 Å². The molecule has 0 bridgehead atoms. The molecule has 1 amide bonds. The average molecular weight is 365 g/mol. The van der Waals surface area contributed by atoms with Gasteiger partial charge in [0.05, 0.1) is 26.5 Å². The fourth-order valence-corrected chi connectivity index (χ4v) is 3.52. The Labute approximate surface area is 156 Å². The molecule has 0 spiro atoms. The highest BCUT2D eigenvalue weighted by Gasteiger charge is 2.35. The second-order valence-corrected chi connectivity index (χ2v) is 6.21. The van der Waals surface area contributed by atoms with E-state index in [1.54, 1.807) is 31.5 Å². The largest absolute Gasteiger partial charge is 0.493 e. The summed E-state index contributed by atoms with van der Waals surface area (Å²) in [5.74, 6) is 1.31. The SMILES string of the molecule is COc1cc2c(cc1OC)C(c1cccnc1)N(C(=O)c1cnco1)CC2. The maximum absolute atomic E-state index is 13.0. The molecule has 4 rings (SSSR count). The summed E-state index contributed by atoms with van der Waals surface area (Å²) in [5, 5.41) is 0. The van der Waals surface area contributed by atoms with Crippen LogP contribution < -0.4 is 9.47 Å². The molecule has 1 aliphatic rings. The van der Waals surface area contributed by atoms with E-state index in [2.05, 4.69) is 9.97 Å². The number of ether oxygens (including phenoxy) is 2. The van der Waals surface area contributed by atoms with Gasteiger partial charge < -0.3 is 18.8 Å². The molecule has 3 aromatic rings. The van der Waals surface area contributed by atoms with Crippen LogP contribution >= 0.6 is 0 Å². The number of nitrogens with zero attached hydrogens (tertiary/aromatic N) is 3. The topological polar surface area (TPSA) is 77.7 Å². The van der Waals surface area contributed by atoms with E-state index >= 15 is 0 Å². The van der Waals surface area contributed by atoms with Crippen LogP contribution in [0.15, 0.2) is 53.7 Å². The van der Waals surface area contributed by atoms with Crippen LogP contribution in [-0.2, 0) is 6.42 Å². The lowest BCUT2D eigenvalue weighted by Crippen LogP contribution is -2.40. The number of carbonyl (C=O) groups is 1. The highest BCUT2D eigenvalue weighted by Crippen LogP contribution is 2.41. The maximum Gasteiger partial charge on any atom is 0.292 e. The second-order valence-electron chi connectivity index (χ2n) is 6.21. The van der Waals surface area contributed by atoms with Crippen LogP contribution in [0.3, 0.4) is 0 Å². The van der Waals surface area contributed by atoms with E-state index in [1.165, 1.54) is 12.6 Å². The number of rotatable bonds is 4. The van der Waals surface area contributed by atoms with Gasteiger partial charge in [-0.05, 0) is 41.3 Å². The van der Waals surface area contributed by atoms with Crippen molar-refractivity contribution in [3.63, 3.8) is 0 Å². The zero-order chi connectivity index (χ0) is 18.8. The summed E-state index contributed by atoms with van der Waals surface area (Å²) in [6.45, 7) is 0.543. The van der Waals surface area contributed by atoms with Gasteiger partial charge in [-0.2, -0.15) is 0 Å². The van der Waals surface area contributed by atoms with Crippen molar-refractivity contribution in [3.8, 4) is 11.5 Å². The molecule has 7 heteroatoms. The van der Waals surface area contributed by atoms with Crippen molar-refractivity contribution < 1.29 is 18.7 Å². The Kier molecular flexibility index (Phi) is 4.50. The Morgan fingerprint density at radius 2 is 2.00 bits per heavy atom. The van der Waals surface area contributed by atoms with E-state index in [1.807, 2.05) is 24.3 Å². The molecular formula is C20H19N3O4. The Morgan fingerprint density at radius 1 is 1.19 bits per heavy atom. The van der Waals surface area contributed by atoms with E-state index in [0.717, 1.165) is 16.7 Å². The molecule has 1 aromatic carbocycles. The quantitative estimate of drug-likeness (QED) is 0.707. The van der Waals surface area contributed by atoms with Crippen molar-refractivity contribution in [1.29, 1.82) is 0 Å². The van der Waals surface area contributed by atoms with Crippen molar-refractivity contribution in [2.24, 2.45) is 0 Å². The van der Waals surface area contributed by atoms with Crippen LogP contribution in [0.1, 0.15) is 33.3 Å². The first-order valence-corrected chi connectivity index (χ1v) is 8.57. The number of hydrogen-bond acceptors (Lipinski definition) is 6. The number of amides is 1. The minimum absolute atomic E-state index is 0.207. The number of pyridine rings is 1.